The summed E-state index contributed by atoms with van der Waals surface area (Å²) in [5.41, 5.74) is 1.49. The minimum absolute atomic E-state index is 0.0450. The molecule has 4 rings (SSSR count). The van der Waals surface area contributed by atoms with Crippen LogP contribution >= 0.6 is 0 Å². The number of hydrogen-bond donors (Lipinski definition) is 0. The highest BCUT2D eigenvalue weighted by molar-refractivity contribution is 5.81. The molecule has 1 aromatic heterocycles. The van der Waals surface area contributed by atoms with Gasteiger partial charge in [-0.25, -0.2) is 4.98 Å². The van der Waals surface area contributed by atoms with Gasteiger partial charge in [0.15, 0.2) is 11.5 Å². The number of ether oxygens (including phenoxy) is 2. The van der Waals surface area contributed by atoms with E-state index >= 15 is 0 Å². The van der Waals surface area contributed by atoms with Gasteiger partial charge in [0.05, 0.1) is 30.3 Å². The topological polar surface area (TPSA) is 65.7 Å². The normalized spacial score (nSPS) is 15.2. The van der Waals surface area contributed by atoms with Gasteiger partial charge in [0, 0.05) is 5.92 Å². The molecule has 0 N–H and O–H groups in total. The van der Waals surface area contributed by atoms with E-state index in [0.29, 0.717) is 30.1 Å². The van der Waals surface area contributed by atoms with E-state index in [4.69, 9.17) is 14.5 Å². The summed E-state index contributed by atoms with van der Waals surface area (Å²) in [6.45, 7) is 9.47. The zero-order valence-electron chi connectivity index (χ0n) is 20.7. The molecule has 1 saturated carbocycles. The third-order valence-corrected chi connectivity index (χ3v) is 6.00. The Morgan fingerprint density at radius 1 is 1.06 bits per heavy atom. The molecule has 3 aromatic rings. The van der Waals surface area contributed by atoms with Gasteiger partial charge in [-0.05, 0) is 61.1 Å². The van der Waals surface area contributed by atoms with E-state index in [-0.39, 0.29) is 16.9 Å². The van der Waals surface area contributed by atoms with E-state index in [1.54, 1.807) is 6.21 Å². The molecule has 0 unspecified atom stereocenters. The van der Waals surface area contributed by atoms with E-state index in [9.17, 15) is 4.79 Å². The number of rotatable bonds is 7. The fraction of sp³-hybridized carbons (Fsp3) is 0.464. The van der Waals surface area contributed by atoms with Crippen LogP contribution in [0.4, 0.5) is 0 Å². The van der Waals surface area contributed by atoms with Gasteiger partial charge in [0.1, 0.15) is 5.82 Å². The molecule has 1 aliphatic carbocycles. The van der Waals surface area contributed by atoms with Crippen molar-refractivity contribution in [2.45, 2.75) is 65.7 Å². The highest BCUT2D eigenvalue weighted by Crippen LogP contribution is 2.32. The van der Waals surface area contributed by atoms with Gasteiger partial charge >= 0.3 is 0 Å². The van der Waals surface area contributed by atoms with Crippen LogP contribution in [0.5, 0.6) is 11.5 Å². The lowest BCUT2D eigenvalue weighted by atomic mass is 9.88. The molecule has 0 bridgehead atoms. The fourth-order valence-electron chi connectivity index (χ4n) is 4.29. The fourth-order valence-corrected chi connectivity index (χ4v) is 4.29. The standard InChI is InChI=1S/C28H35N3O3/c1-5-33-25-17-20(15-16-24(25)34-19-28(2,3)4)18-29-31-26(21-11-7-6-8-12-21)30-23-14-10-9-13-22(23)27(31)32/h9-10,13-18,21H,5-8,11-12,19H2,1-4H3. The molecular formula is C28H35N3O3. The van der Waals surface area contributed by atoms with Gasteiger partial charge in [-0.3, -0.25) is 4.79 Å². The summed E-state index contributed by atoms with van der Waals surface area (Å²) in [6.07, 6.45) is 7.33. The van der Waals surface area contributed by atoms with Gasteiger partial charge in [0.25, 0.3) is 5.56 Å². The van der Waals surface area contributed by atoms with E-state index in [2.05, 4.69) is 25.9 Å². The molecule has 6 heteroatoms. The zero-order chi connectivity index (χ0) is 24.1. The molecule has 0 saturated heterocycles. The van der Waals surface area contributed by atoms with E-state index in [1.165, 1.54) is 11.1 Å². The quantitative estimate of drug-likeness (QED) is 0.396. The average molecular weight is 462 g/mol. The molecule has 1 aliphatic rings. The van der Waals surface area contributed by atoms with Crippen molar-refractivity contribution in [3.05, 3.63) is 64.2 Å². The molecule has 0 spiro atoms. The highest BCUT2D eigenvalue weighted by atomic mass is 16.5. The van der Waals surface area contributed by atoms with Crippen LogP contribution in [-0.4, -0.2) is 29.1 Å². The molecule has 2 aromatic carbocycles. The van der Waals surface area contributed by atoms with Crippen LogP contribution in [0.1, 0.15) is 77.1 Å². The molecule has 180 valence electrons. The Balaban J connectivity index is 1.70. The van der Waals surface area contributed by atoms with Gasteiger partial charge in [0.2, 0.25) is 0 Å². The van der Waals surface area contributed by atoms with Crippen LogP contribution in [0.25, 0.3) is 10.9 Å². The molecular weight excluding hydrogens is 426 g/mol. The van der Waals surface area contributed by atoms with Crippen molar-refractivity contribution in [2.24, 2.45) is 10.5 Å². The second-order valence-corrected chi connectivity index (χ2v) is 10.2. The Morgan fingerprint density at radius 2 is 1.82 bits per heavy atom. The van der Waals surface area contributed by atoms with E-state index in [1.807, 2.05) is 49.4 Å². The van der Waals surface area contributed by atoms with Crippen molar-refractivity contribution in [3.63, 3.8) is 0 Å². The average Bonchev–Trinajstić information content (AvgIpc) is 2.83. The smallest absolute Gasteiger partial charge is 0.282 e. The SMILES string of the molecule is CCOc1cc(C=Nn2c(C3CCCCC3)nc3ccccc3c2=O)ccc1OCC(C)(C)C. The summed E-state index contributed by atoms with van der Waals surface area (Å²) in [6, 6.07) is 13.3. The summed E-state index contributed by atoms with van der Waals surface area (Å²) in [7, 11) is 0. The summed E-state index contributed by atoms with van der Waals surface area (Å²) in [5.74, 6) is 2.39. The largest absolute Gasteiger partial charge is 0.490 e. The maximum atomic E-state index is 13.4. The first-order chi connectivity index (χ1) is 16.4. The van der Waals surface area contributed by atoms with Crippen molar-refractivity contribution in [2.75, 3.05) is 13.2 Å². The molecule has 0 amide bonds. The highest BCUT2D eigenvalue weighted by Gasteiger charge is 2.22. The van der Waals surface area contributed by atoms with E-state index in [0.717, 1.165) is 42.6 Å². The first-order valence-corrected chi connectivity index (χ1v) is 12.3. The summed E-state index contributed by atoms with van der Waals surface area (Å²) < 4.78 is 13.3. The lowest BCUT2D eigenvalue weighted by Crippen LogP contribution is -2.25. The van der Waals surface area contributed by atoms with Gasteiger partial charge in [-0.1, -0.05) is 52.2 Å². The molecule has 34 heavy (non-hydrogen) atoms. The minimum atomic E-state index is -0.127. The second-order valence-electron chi connectivity index (χ2n) is 10.2. The Morgan fingerprint density at radius 3 is 2.56 bits per heavy atom. The minimum Gasteiger partial charge on any atom is -0.490 e. The molecule has 6 nitrogen and oxygen atoms in total. The van der Waals surface area contributed by atoms with Crippen LogP contribution in [0.15, 0.2) is 52.4 Å². The Labute approximate surface area is 201 Å². The van der Waals surface area contributed by atoms with Crippen molar-refractivity contribution in [1.29, 1.82) is 0 Å². The maximum absolute atomic E-state index is 13.4. The van der Waals surface area contributed by atoms with Crippen LogP contribution in [0, 0.1) is 5.41 Å². The van der Waals surface area contributed by atoms with Crippen molar-refractivity contribution < 1.29 is 9.47 Å². The third-order valence-electron chi connectivity index (χ3n) is 6.00. The number of nitrogens with zero attached hydrogens (tertiary/aromatic N) is 3. The van der Waals surface area contributed by atoms with Crippen LogP contribution in [-0.2, 0) is 0 Å². The van der Waals surface area contributed by atoms with Crippen molar-refractivity contribution in [3.8, 4) is 11.5 Å². The number of hydrogen-bond acceptors (Lipinski definition) is 5. The summed E-state index contributed by atoms with van der Waals surface area (Å²) in [4.78, 5) is 18.3. The molecule has 0 radical (unpaired) electrons. The molecule has 1 fully saturated rings. The predicted molar refractivity (Wildman–Crippen MR) is 137 cm³/mol. The van der Waals surface area contributed by atoms with Crippen LogP contribution < -0.4 is 15.0 Å². The zero-order valence-corrected chi connectivity index (χ0v) is 20.7. The monoisotopic (exact) mass is 461 g/mol. The number of benzene rings is 2. The van der Waals surface area contributed by atoms with Crippen LogP contribution in [0.3, 0.4) is 0 Å². The second kappa shape index (κ2) is 10.4. The van der Waals surface area contributed by atoms with Crippen molar-refractivity contribution in [1.82, 2.24) is 9.66 Å². The Hall–Kier alpha value is -3.15. The molecule has 0 atom stereocenters. The molecule has 0 aliphatic heterocycles. The maximum Gasteiger partial charge on any atom is 0.282 e. The predicted octanol–water partition coefficient (Wildman–Crippen LogP) is 6.15. The summed E-state index contributed by atoms with van der Waals surface area (Å²) >= 11 is 0. The van der Waals surface area contributed by atoms with Gasteiger partial charge in [-0.2, -0.15) is 9.78 Å². The summed E-state index contributed by atoms with van der Waals surface area (Å²) in [5, 5.41) is 5.22. The Bertz CT molecular complexity index is 1220. The van der Waals surface area contributed by atoms with Gasteiger partial charge < -0.3 is 9.47 Å². The first-order valence-electron chi connectivity index (χ1n) is 12.3. The number of aromatic nitrogens is 2. The lowest BCUT2D eigenvalue weighted by molar-refractivity contribution is 0.188. The van der Waals surface area contributed by atoms with Crippen molar-refractivity contribution >= 4 is 17.1 Å². The van der Waals surface area contributed by atoms with Gasteiger partial charge in [-0.15, -0.1) is 0 Å². The first kappa shape index (κ1) is 24.0. The van der Waals surface area contributed by atoms with Crippen LogP contribution in [0.2, 0.25) is 0 Å². The number of para-hydroxylation sites is 1. The Kier molecular flexibility index (Phi) is 7.35. The molecule has 1 heterocycles. The van der Waals surface area contributed by atoms with E-state index < -0.39 is 0 Å². The third kappa shape index (κ3) is 5.66. The number of fused-ring (bicyclic) bond motifs is 1. The lowest BCUT2D eigenvalue weighted by Gasteiger charge is -2.22.